The second kappa shape index (κ2) is 9.26. The molecule has 0 N–H and O–H groups in total. The van der Waals surface area contributed by atoms with Crippen LogP contribution in [0.1, 0.15) is 33.4 Å². The number of rotatable bonds is 4. The number of hydrogen-bond donors (Lipinski definition) is 0. The third-order valence-corrected chi connectivity index (χ3v) is 9.98. The molecule has 0 radical (unpaired) electrons. The summed E-state index contributed by atoms with van der Waals surface area (Å²) in [6.45, 7) is 10.3. The van der Waals surface area contributed by atoms with Crippen molar-refractivity contribution in [1.82, 2.24) is 0 Å². The quantitative estimate of drug-likeness (QED) is 0.302. The van der Waals surface area contributed by atoms with Gasteiger partial charge in [0, 0.05) is 22.9 Å². The van der Waals surface area contributed by atoms with E-state index in [-0.39, 0.29) is 0 Å². The monoisotopic (exact) mass is 526 g/mol. The van der Waals surface area contributed by atoms with Gasteiger partial charge in [0.2, 0.25) is 0 Å². The summed E-state index contributed by atoms with van der Waals surface area (Å²) in [7, 11) is -2.55. The Labute approximate surface area is 223 Å². The molecule has 0 aliphatic carbocycles. The van der Waals surface area contributed by atoms with Gasteiger partial charge in [-0.3, -0.25) is 0 Å². The lowest BCUT2D eigenvalue weighted by atomic mass is 9.99. The molecule has 37 heavy (non-hydrogen) atoms. The number of benzene rings is 4. The molecule has 0 aromatic heterocycles. The summed E-state index contributed by atoms with van der Waals surface area (Å²) in [5.41, 5.74) is 9.01. The first-order valence-electron chi connectivity index (χ1n) is 12.5. The van der Waals surface area contributed by atoms with E-state index in [1.807, 2.05) is 62.4 Å². The van der Waals surface area contributed by atoms with Gasteiger partial charge in [0.15, 0.2) is 0 Å². The molecule has 2 aliphatic heterocycles. The molecule has 4 aromatic rings. The van der Waals surface area contributed by atoms with Gasteiger partial charge in [0.05, 0.1) is 49.4 Å². The fourth-order valence-corrected chi connectivity index (χ4v) is 8.20. The van der Waals surface area contributed by atoms with E-state index >= 15 is 0 Å². The molecule has 2 bridgehead atoms. The normalized spacial score (nSPS) is 15.7. The van der Waals surface area contributed by atoms with Crippen LogP contribution in [-0.2, 0) is 34.7 Å². The largest absolute Gasteiger partial charge is 0.348 e. The maximum Gasteiger partial charge on any atom is 0.0910 e. The Balaban J connectivity index is 1.44. The highest BCUT2D eigenvalue weighted by Crippen LogP contribution is 2.45. The van der Waals surface area contributed by atoms with Crippen molar-refractivity contribution in [3.8, 4) is 0 Å². The van der Waals surface area contributed by atoms with Gasteiger partial charge in [-0.25, -0.2) is 8.42 Å². The molecule has 0 saturated carbocycles. The van der Waals surface area contributed by atoms with Crippen LogP contribution in [0.4, 0.5) is 11.4 Å². The molecule has 0 amide bonds. The first-order chi connectivity index (χ1) is 17.8. The number of fused-ring (bicyclic) bond motifs is 6. The van der Waals surface area contributed by atoms with Gasteiger partial charge in [-0.05, 0) is 86.3 Å². The van der Waals surface area contributed by atoms with E-state index in [1.165, 1.54) is 11.1 Å². The van der Waals surface area contributed by atoms with Crippen LogP contribution in [0.5, 0.6) is 0 Å². The Morgan fingerprint density at radius 2 is 0.919 bits per heavy atom. The molecule has 6 rings (SSSR count). The third kappa shape index (κ3) is 4.32. The first-order valence-corrected chi connectivity index (χ1v) is 14.8. The second-order valence-electron chi connectivity index (χ2n) is 10.2. The summed E-state index contributed by atoms with van der Waals surface area (Å²) < 4.78 is 27.6. The molecule has 2 atom stereocenters. The van der Waals surface area contributed by atoms with Gasteiger partial charge in [-0.1, -0.05) is 47.5 Å². The second-order valence-corrected chi connectivity index (χ2v) is 13.1. The van der Waals surface area contributed by atoms with E-state index < -0.39 is 21.6 Å². The maximum atomic E-state index is 13.8. The van der Waals surface area contributed by atoms with Crippen LogP contribution in [0.3, 0.4) is 0 Å². The summed E-state index contributed by atoms with van der Waals surface area (Å²) in [5, 5.41) is 0. The SMILES string of the molecule is Cc1ccc([S@](=O)c2cc(C)cc3c2N2Cc4cc(C)cc([S@@](=O)c5ccc(C)cc5)c4N(C3)C2)cc1. The van der Waals surface area contributed by atoms with E-state index in [0.29, 0.717) is 19.8 Å². The smallest absolute Gasteiger partial charge is 0.0910 e. The van der Waals surface area contributed by atoms with Crippen LogP contribution in [0, 0.1) is 27.7 Å². The van der Waals surface area contributed by atoms with Gasteiger partial charge in [-0.15, -0.1) is 0 Å². The average molecular weight is 527 g/mol. The van der Waals surface area contributed by atoms with Gasteiger partial charge in [-0.2, -0.15) is 0 Å². The number of nitrogens with zero attached hydrogens (tertiary/aromatic N) is 2. The zero-order valence-corrected chi connectivity index (χ0v) is 23.2. The summed E-state index contributed by atoms with van der Waals surface area (Å²) in [4.78, 5) is 8.06. The lowest BCUT2D eigenvalue weighted by Gasteiger charge is -2.46. The highest BCUT2D eigenvalue weighted by molar-refractivity contribution is 7.85. The third-order valence-electron chi connectivity index (χ3n) is 7.16. The van der Waals surface area contributed by atoms with Gasteiger partial charge in [0.1, 0.15) is 0 Å². The lowest BCUT2D eigenvalue weighted by molar-refractivity contribution is 0.632. The minimum absolute atomic E-state index is 0.683. The average Bonchev–Trinajstić information content (AvgIpc) is 2.87. The van der Waals surface area contributed by atoms with Crippen LogP contribution in [0.2, 0.25) is 0 Å². The molecule has 2 aliphatic rings. The molecule has 0 fully saturated rings. The molecule has 0 saturated heterocycles. The zero-order valence-electron chi connectivity index (χ0n) is 21.6. The van der Waals surface area contributed by atoms with Crippen LogP contribution in [-0.4, -0.2) is 15.1 Å². The molecule has 6 heteroatoms. The number of aryl methyl sites for hydroxylation is 4. The summed E-state index contributed by atoms with van der Waals surface area (Å²) in [5.74, 6) is 0. The first kappa shape index (κ1) is 24.1. The highest BCUT2D eigenvalue weighted by atomic mass is 32.2. The van der Waals surface area contributed by atoms with Crippen LogP contribution in [0.15, 0.2) is 92.4 Å². The Hall–Kier alpha value is -3.22. The van der Waals surface area contributed by atoms with Crippen LogP contribution < -0.4 is 9.80 Å². The van der Waals surface area contributed by atoms with E-state index in [0.717, 1.165) is 53.2 Å². The van der Waals surface area contributed by atoms with Crippen molar-refractivity contribution < 1.29 is 8.42 Å². The summed E-state index contributed by atoms with van der Waals surface area (Å²) in [6, 6.07) is 24.5. The molecule has 188 valence electrons. The van der Waals surface area contributed by atoms with E-state index in [9.17, 15) is 8.42 Å². The van der Waals surface area contributed by atoms with Crippen molar-refractivity contribution in [2.24, 2.45) is 0 Å². The van der Waals surface area contributed by atoms with Crippen LogP contribution >= 0.6 is 0 Å². The van der Waals surface area contributed by atoms with Gasteiger partial charge < -0.3 is 9.80 Å². The van der Waals surface area contributed by atoms with Crippen molar-refractivity contribution in [1.29, 1.82) is 0 Å². The Morgan fingerprint density at radius 1 is 0.541 bits per heavy atom. The van der Waals surface area contributed by atoms with Crippen molar-refractivity contribution in [3.05, 3.63) is 106 Å². The minimum Gasteiger partial charge on any atom is -0.348 e. The molecule has 0 spiro atoms. The molecule has 0 unspecified atom stereocenters. The zero-order chi connectivity index (χ0) is 25.8. The minimum atomic E-state index is -1.27. The number of hydrogen-bond acceptors (Lipinski definition) is 4. The fraction of sp³-hybridized carbons (Fsp3) is 0.226. The van der Waals surface area contributed by atoms with Crippen molar-refractivity contribution in [2.45, 2.75) is 60.4 Å². The predicted octanol–water partition coefficient (Wildman–Crippen LogP) is 6.55. The summed E-state index contributed by atoms with van der Waals surface area (Å²) >= 11 is 0. The highest BCUT2D eigenvalue weighted by Gasteiger charge is 2.35. The molecular formula is C31H30N2O2S2. The maximum absolute atomic E-state index is 13.8. The lowest BCUT2D eigenvalue weighted by Crippen LogP contribution is -2.47. The number of anilines is 2. The Kier molecular flexibility index (Phi) is 6.04. The Bertz CT molecular complexity index is 1460. The Morgan fingerprint density at radius 3 is 1.30 bits per heavy atom. The topological polar surface area (TPSA) is 40.6 Å². The standard InChI is InChI=1S/C31H30N2O2S2/c1-20-5-9-26(10-6-20)36(34)28-15-22(3)13-24-17-33-19-32(30(24)28)18-25-14-23(4)16-29(31(25)33)37(35)27-11-7-21(2)8-12-27/h5-16H,17-19H2,1-4H3/t36-,37-/m0/s1. The van der Waals surface area contributed by atoms with Crippen molar-refractivity contribution in [3.63, 3.8) is 0 Å². The predicted molar refractivity (Wildman–Crippen MR) is 151 cm³/mol. The summed E-state index contributed by atoms with van der Waals surface area (Å²) in [6.07, 6.45) is 0. The van der Waals surface area contributed by atoms with Crippen molar-refractivity contribution >= 4 is 33.0 Å². The van der Waals surface area contributed by atoms with E-state index in [1.54, 1.807) is 0 Å². The van der Waals surface area contributed by atoms with Gasteiger partial charge >= 0.3 is 0 Å². The molecule has 2 heterocycles. The molecular weight excluding hydrogens is 496 g/mol. The van der Waals surface area contributed by atoms with E-state index in [4.69, 9.17) is 0 Å². The van der Waals surface area contributed by atoms with Crippen LogP contribution in [0.25, 0.3) is 0 Å². The molecule has 4 nitrogen and oxygen atoms in total. The van der Waals surface area contributed by atoms with Crippen molar-refractivity contribution in [2.75, 3.05) is 16.5 Å². The van der Waals surface area contributed by atoms with E-state index in [2.05, 4.69) is 47.9 Å². The van der Waals surface area contributed by atoms with Gasteiger partial charge in [0.25, 0.3) is 0 Å². The molecule has 4 aromatic carbocycles. The fourth-order valence-electron chi connectivity index (χ4n) is 5.47.